The van der Waals surface area contributed by atoms with Gasteiger partial charge in [0.25, 0.3) is 0 Å². The molecule has 1 fully saturated rings. The van der Waals surface area contributed by atoms with E-state index in [9.17, 15) is 9.50 Å². The van der Waals surface area contributed by atoms with Crippen LogP contribution in [0.3, 0.4) is 0 Å². The van der Waals surface area contributed by atoms with E-state index in [1.165, 1.54) is 12.1 Å². The van der Waals surface area contributed by atoms with Gasteiger partial charge in [0.1, 0.15) is 11.4 Å². The van der Waals surface area contributed by atoms with Crippen molar-refractivity contribution in [3.63, 3.8) is 0 Å². The van der Waals surface area contributed by atoms with Gasteiger partial charge in [-0.05, 0) is 24.7 Å². The van der Waals surface area contributed by atoms with Crippen LogP contribution >= 0.6 is 0 Å². The monoisotopic (exact) mass is 209 g/mol. The lowest BCUT2D eigenvalue weighted by Gasteiger charge is -2.27. The first kappa shape index (κ1) is 10.6. The zero-order valence-electron chi connectivity index (χ0n) is 9.07. The second kappa shape index (κ2) is 3.58. The van der Waals surface area contributed by atoms with E-state index < -0.39 is 5.60 Å². The van der Waals surface area contributed by atoms with Crippen LogP contribution in [0, 0.1) is 11.7 Å². The van der Waals surface area contributed by atoms with Gasteiger partial charge in [0.2, 0.25) is 0 Å². The summed E-state index contributed by atoms with van der Waals surface area (Å²) in [5, 5.41) is 10.5. The molecule has 0 radical (unpaired) electrons. The highest BCUT2D eigenvalue weighted by atomic mass is 19.1. The van der Waals surface area contributed by atoms with Gasteiger partial charge in [0.05, 0.1) is 0 Å². The summed E-state index contributed by atoms with van der Waals surface area (Å²) in [5.41, 5.74) is -0.0247. The van der Waals surface area contributed by atoms with Crippen molar-refractivity contribution >= 4 is 0 Å². The van der Waals surface area contributed by atoms with Crippen molar-refractivity contribution in [2.45, 2.75) is 12.5 Å². The van der Waals surface area contributed by atoms with Crippen LogP contribution in [0.15, 0.2) is 24.3 Å². The molecule has 15 heavy (non-hydrogen) atoms. The Balaban J connectivity index is 2.33. The van der Waals surface area contributed by atoms with Crippen LogP contribution in [0.25, 0.3) is 0 Å². The van der Waals surface area contributed by atoms with Crippen molar-refractivity contribution in [3.8, 4) is 0 Å². The number of nitrogens with zero attached hydrogens (tertiary/aromatic N) is 1. The quantitative estimate of drug-likeness (QED) is 0.759. The predicted octanol–water partition coefficient (Wildman–Crippen LogP) is 1.59. The molecule has 1 aliphatic heterocycles. The third kappa shape index (κ3) is 1.77. The Hall–Kier alpha value is -0.930. The molecule has 1 aliphatic rings. The largest absolute Gasteiger partial charge is 0.383 e. The fourth-order valence-corrected chi connectivity index (χ4v) is 2.36. The van der Waals surface area contributed by atoms with Crippen molar-refractivity contribution in [1.29, 1.82) is 0 Å². The van der Waals surface area contributed by atoms with E-state index in [2.05, 4.69) is 4.90 Å². The van der Waals surface area contributed by atoms with Crippen LogP contribution in [0.1, 0.15) is 12.5 Å². The van der Waals surface area contributed by atoms with Crippen LogP contribution in [0.2, 0.25) is 0 Å². The summed E-state index contributed by atoms with van der Waals surface area (Å²) < 4.78 is 12.8. The SMILES string of the molecule is C[C@@H]1CN(C)C[C@@]1(O)c1ccc(F)cc1. The minimum absolute atomic E-state index is 0.174. The van der Waals surface area contributed by atoms with Gasteiger partial charge in [-0.1, -0.05) is 19.1 Å². The molecule has 1 aromatic rings. The Morgan fingerprint density at radius 2 is 2.00 bits per heavy atom. The number of hydrogen-bond donors (Lipinski definition) is 1. The molecular formula is C12H16FNO. The third-order valence-corrected chi connectivity index (χ3v) is 3.26. The van der Waals surface area contributed by atoms with Gasteiger partial charge in [-0.3, -0.25) is 0 Å². The summed E-state index contributed by atoms with van der Waals surface area (Å²) in [7, 11) is 1.98. The Morgan fingerprint density at radius 1 is 1.40 bits per heavy atom. The summed E-state index contributed by atoms with van der Waals surface area (Å²) in [5.74, 6) is -0.0886. The van der Waals surface area contributed by atoms with Crippen molar-refractivity contribution < 1.29 is 9.50 Å². The van der Waals surface area contributed by atoms with Crippen molar-refractivity contribution in [2.75, 3.05) is 20.1 Å². The third-order valence-electron chi connectivity index (χ3n) is 3.26. The number of β-amino-alcohol motifs (C(OH)–C–C–N with tert-alkyl or cyclic N) is 1. The fraction of sp³-hybridized carbons (Fsp3) is 0.500. The molecule has 1 saturated heterocycles. The Bertz CT molecular complexity index is 351. The maximum absolute atomic E-state index is 12.8. The summed E-state index contributed by atoms with van der Waals surface area (Å²) in [6.07, 6.45) is 0. The highest BCUT2D eigenvalue weighted by molar-refractivity contribution is 5.25. The summed E-state index contributed by atoms with van der Waals surface area (Å²) in [6.45, 7) is 3.50. The first-order chi connectivity index (χ1) is 7.02. The summed E-state index contributed by atoms with van der Waals surface area (Å²) in [6, 6.07) is 6.15. The molecule has 82 valence electrons. The van der Waals surface area contributed by atoms with Gasteiger partial charge in [0, 0.05) is 19.0 Å². The van der Waals surface area contributed by atoms with Crippen LogP contribution in [0.4, 0.5) is 4.39 Å². The maximum atomic E-state index is 12.8. The van der Waals surface area contributed by atoms with E-state index in [0.29, 0.717) is 6.54 Å². The highest BCUT2D eigenvalue weighted by Crippen LogP contribution is 2.35. The molecule has 0 bridgehead atoms. The number of benzene rings is 1. The fourth-order valence-electron chi connectivity index (χ4n) is 2.36. The lowest BCUT2D eigenvalue weighted by atomic mass is 9.85. The molecule has 0 aliphatic carbocycles. The van der Waals surface area contributed by atoms with E-state index in [0.717, 1.165) is 12.1 Å². The Labute approximate surface area is 89.3 Å². The van der Waals surface area contributed by atoms with Crippen molar-refractivity contribution in [3.05, 3.63) is 35.6 Å². The first-order valence-corrected chi connectivity index (χ1v) is 5.19. The molecular weight excluding hydrogens is 193 g/mol. The number of rotatable bonds is 1. The minimum Gasteiger partial charge on any atom is -0.383 e. The van der Waals surface area contributed by atoms with E-state index in [1.807, 2.05) is 14.0 Å². The van der Waals surface area contributed by atoms with Gasteiger partial charge in [0.15, 0.2) is 0 Å². The molecule has 1 heterocycles. The first-order valence-electron chi connectivity index (χ1n) is 5.19. The van der Waals surface area contributed by atoms with Gasteiger partial charge in [-0.25, -0.2) is 4.39 Å². The number of likely N-dealkylation sites (N-methyl/N-ethyl adjacent to an activating group) is 1. The van der Waals surface area contributed by atoms with E-state index in [4.69, 9.17) is 0 Å². The van der Waals surface area contributed by atoms with Crippen LogP contribution in [-0.2, 0) is 5.60 Å². The van der Waals surface area contributed by atoms with E-state index in [1.54, 1.807) is 12.1 Å². The second-order valence-electron chi connectivity index (χ2n) is 4.53. The molecule has 2 nitrogen and oxygen atoms in total. The maximum Gasteiger partial charge on any atom is 0.123 e. The minimum atomic E-state index is -0.831. The van der Waals surface area contributed by atoms with Crippen LogP contribution in [-0.4, -0.2) is 30.1 Å². The number of halogens is 1. The molecule has 1 N–H and O–H groups in total. The van der Waals surface area contributed by atoms with Crippen molar-refractivity contribution in [1.82, 2.24) is 4.90 Å². The molecule has 0 aromatic heterocycles. The normalized spacial score (nSPS) is 32.1. The standard InChI is InChI=1S/C12H16FNO/c1-9-7-14(2)8-12(9,15)10-3-5-11(13)6-4-10/h3-6,9,15H,7-8H2,1-2H3/t9-,12+/m1/s1. The molecule has 1 aromatic carbocycles. The summed E-state index contributed by atoms with van der Waals surface area (Å²) in [4.78, 5) is 2.09. The average molecular weight is 209 g/mol. The van der Waals surface area contributed by atoms with Gasteiger partial charge >= 0.3 is 0 Å². The molecule has 2 rings (SSSR count). The van der Waals surface area contributed by atoms with Crippen LogP contribution < -0.4 is 0 Å². The number of hydrogen-bond acceptors (Lipinski definition) is 2. The number of likely N-dealkylation sites (tertiary alicyclic amines) is 1. The average Bonchev–Trinajstić information content (AvgIpc) is 2.42. The summed E-state index contributed by atoms with van der Waals surface area (Å²) >= 11 is 0. The molecule has 0 saturated carbocycles. The van der Waals surface area contributed by atoms with E-state index in [-0.39, 0.29) is 11.7 Å². The molecule has 0 unspecified atom stereocenters. The van der Waals surface area contributed by atoms with Crippen LogP contribution in [0.5, 0.6) is 0 Å². The zero-order valence-corrected chi connectivity index (χ0v) is 9.07. The second-order valence-corrected chi connectivity index (χ2v) is 4.53. The molecule has 3 heteroatoms. The van der Waals surface area contributed by atoms with Crippen molar-refractivity contribution in [2.24, 2.45) is 5.92 Å². The van der Waals surface area contributed by atoms with Gasteiger partial charge in [-0.2, -0.15) is 0 Å². The highest BCUT2D eigenvalue weighted by Gasteiger charge is 2.42. The zero-order chi connectivity index (χ0) is 11.1. The lowest BCUT2D eigenvalue weighted by molar-refractivity contribution is 0.0146. The Kier molecular flexibility index (Phi) is 2.52. The number of aliphatic hydroxyl groups is 1. The van der Waals surface area contributed by atoms with Gasteiger partial charge in [-0.15, -0.1) is 0 Å². The lowest BCUT2D eigenvalue weighted by Crippen LogP contribution is -2.33. The molecule has 2 atom stereocenters. The van der Waals surface area contributed by atoms with Gasteiger partial charge < -0.3 is 10.0 Å². The predicted molar refractivity (Wildman–Crippen MR) is 57.0 cm³/mol. The smallest absolute Gasteiger partial charge is 0.123 e. The topological polar surface area (TPSA) is 23.5 Å². The molecule has 0 amide bonds. The molecule has 0 spiro atoms. The van der Waals surface area contributed by atoms with E-state index >= 15 is 0 Å². The Morgan fingerprint density at radius 3 is 2.47 bits per heavy atom.